The summed E-state index contributed by atoms with van der Waals surface area (Å²) in [6.45, 7) is 0. The Kier molecular flexibility index (Phi) is 4.96. The van der Waals surface area contributed by atoms with Crippen molar-refractivity contribution < 1.29 is 40.6 Å². The molecule has 2 aromatic rings. The van der Waals surface area contributed by atoms with E-state index in [2.05, 4.69) is 9.47 Å². The molecule has 0 aliphatic heterocycles. The van der Waals surface area contributed by atoms with Gasteiger partial charge in [-0.2, -0.15) is 13.2 Å². The third kappa shape index (κ3) is 4.43. The first-order valence-corrected chi connectivity index (χ1v) is 6.67. The van der Waals surface area contributed by atoms with E-state index in [4.69, 9.17) is 0 Å². The van der Waals surface area contributed by atoms with Crippen LogP contribution in [0.2, 0.25) is 0 Å². The van der Waals surface area contributed by atoms with E-state index in [0.717, 1.165) is 43.5 Å². The van der Waals surface area contributed by atoms with E-state index in [-0.39, 0.29) is 11.1 Å². The van der Waals surface area contributed by atoms with Crippen LogP contribution in [0.3, 0.4) is 0 Å². The topological polar surface area (TPSA) is 35.5 Å². The molecule has 3 nitrogen and oxygen atoms in total. The summed E-state index contributed by atoms with van der Waals surface area (Å²) in [6, 6.07) is 7.12. The van der Waals surface area contributed by atoms with Gasteiger partial charge in [-0.1, -0.05) is 24.3 Å². The lowest BCUT2D eigenvalue weighted by Crippen LogP contribution is -2.17. The molecule has 0 saturated carbocycles. The van der Waals surface area contributed by atoms with Gasteiger partial charge in [0, 0.05) is 0 Å². The zero-order valence-corrected chi connectivity index (χ0v) is 12.5. The summed E-state index contributed by atoms with van der Waals surface area (Å²) in [5.74, 6) is -1.75. The van der Waals surface area contributed by atoms with E-state index in [1.807, 2.05) is 0 Å². The molecule has 0 aliphatic carbocycles. The highest BCUT2D eigenvalue weighted by atomic mass is 19.4. The van der Waals surface area contributed by atoms with Crippen LogP contribution in [0.25, 0.3) is 11.1 Å². The highest BCUT2D eigenvalue weighted by molar-refractivity contribution is 5.94. The Hall–Kier alpha value is -2.71. The minimum absolute atomic E-state index is 0.0346. The zero-order valence-electron chi connectivity index (χ0n) is 12.5. The monoisotopic (exact) mass is 364 g/mol. The number of rotatable bonds is 3. The van der Waals surface area contributed by atoms with Crippen molar-refractivity contribution in [1.29, 1.82) is 0 Å². The normalized spacial score (nSPS) is 12.0. The molecule has 2 aromatic carbocycles. The Balaban J connectivity index is 2.54. The lowest BCUT2D eigenvalue weighted by Gasteiger charge is -2.17. The summed E-state index contributed by atoms with van der Waals surface area (Å²) in [4.78, 5) is 11.6. The molecule has 0 atom stereocenters. The smallest absolute Gasteiger partial charge is 0.465 e. The van der Waals surface area contributed by atoms with Crippen molar-refractivity contribution in [2.45, 2.75) is 12.5 Å². The minimum Gasteiger partial charge on any atom is -0.465 e. The second-order valence-corrected chi connectivity index (χ2v) is 4.79. The van der Waals surface area contributed by atoms with Crippen LogP contribution in [0.1, 0.15) is 15.9 Å². The van der Waals surface area contributed by atoms with Gasteiger partial charge in [0.05, 0.1) is 18.2 Å². The number of benzene rings is 2. The molecule has 25 heavy (non-hydrogen) atoms. The van der Waals surface area contributed by atoms with Crippen molar-refractivity contribution in [3.05, 3.63) is 53.6 Å². The number of esters is 1. The van der Waals surface area contributed by atoms with Gasteiger partial charge in [0.2, 0.25) is 0 Å². The van der Waals surface area contributed by atoms with Crippen molar-refractivity contribution in [3.8, 4) is 16.9 Å². The molecule has 0 radical (unpaired) electrons. The largest absolute Gasteiger partial charge is 0.573 e. The van der Waals surface area contributed by atoms with E-state index < -0.39 is 35.4 Å². The molecule has 0 heterocycles. The molecular formula is C16H10F6O3. The molecule has 0 aliphatic rings. The highest BCUT2D eigenvalue weighted by Crippen LogP contribution is 2.40. The maximum Gasteiger partial charge on any atom is 0.573 e. The van der Waals surface area contributed by atoms with Crippen LogP contribution >= 0.6 is 0 Å². The molecule has 0 spiro atoms. The summed E-state index contributed by atoms with van der Waals surface area (Å²) >= 11 is 0. The number of carbonyl (C=O) groups is 1. The second-order valence-electron chi connectivity index (χ2n) is 4.79. The fraction of sp³-hybridized carbons (Fsp3) is 0.188. The zero-order chi connectivity index (χ0) is 18.8. The standard InChI is InChI=1S/C16H10F6O3/c1-24-14(23)12-4-2-3-11(13(12)15(17,18)19)9-5-7-10(8-6-9)25-16(20,21)22/h2-8H,1H3. The van der Waals surface area contributed by atoms with Gasteiger partial charge in [-0.25, -0.2) is 4.79 Å². The second kappa shape index (κ2) is 6.66. The molecule has 0 bridgehead atoms. The van der Waals surface area contributed by atoms with E-state index in [9.17, 15) is 31.1 Å². The number of hydrogen-bond donors (Lipinski definition) is 0. The van der Waals surface area contributed by atoms with Gasteiger partial charge in [0.25, 0.3) is 0 Å². The predicted octanol–water partition coefficient (Wildman–Crippen LogP) is 5.06. The van der Waals surface area contributed by atoms with Crippen LogP contribution in [0.4, 0.5) is 26.3 Å². The summed E-state index contributed by atoms with van der Waals surface area (Å²) in [5, 5.41) is 0. The van der Waals surface area contributed by atoms with Crippen LogP contribution in [-0.2, 0) is 10.9 Å². The molecule has 0 fully saturated rings. The molecular weight excluding hydrogens is 354 g/mol. The predicted molar refractivity (Wildman–Crippen MR) is 74.9 cm³/mol. The van der Waals surface area contributed by atoms with E-state index >= 15 is 0 Å². The summed E-state index contributed by atoms with van der Waals surface area (Å²) in [7, 11) is 0.943. The fourth-order valence-electron chi connectivity index (χ4n) is 2.21. The summed E-state index contributed by atoms with van der Waals surface area (Å²) < 4.78 is 84.7. The van der Waals surface area contributed by atoms with Gasteiger partial charge in [0.1, 0.15) is 5.75 Å². The maximum absolute atomic E-state index is 13.4. The molecule has 9 heteroatoms. The first kappa shape index (κ1) is 18.6. The number of alkyl halides is 6. The third-order valence-corrected chi connectivity index (χ3v) is 3.15. The molecule has 0 unspecified atom stereocenters. The van der Waals surface area contributed by atoms with Crippen LogP contribution in [0.15, 0.2) is 42.5 Å². The Labute approximate surface area is 137 Å². The average Bonchev–Trinajstić information content (AvgIpc) is 2.51. The number of halogens is 6. The van der Waals surface area contributed by atoms with Crippen LogP contribution in [-0.4, -0.2) is 19.4 Å². The quantitative estimate of drug-likeness (QED) is 0.564. The van der Waals surface area contributed by atoms with E-state index in [0.29, 0.717) is 0 Å². The molecule has 0 N–H and O–H groups in total. The average molecular weight is 364 g/mol. The molecule has 0 saturated heterocycles. The van der Waals surface area contributed by atoms with Crippen molar-refractivity contribution >= 4 is 5.97 Å². The Bertz CT molecular complexity index is 763. The number of hydrogen-bond acceptors (Lipinski definition) is 3. The van der Waals surface area contributed by atoms with Gasteiger partial charge in [-0.15, -0.1) is 13.2 Å². The first-order valence-electron chi connectivity index (χ1n) is 6.67. The van der Waals surface area contributed by atoms with Crippen LogP contribution in [0, 0.1) is 0 Å². The van der Waals surface area contributed by atoms with E-state index in [1.165, 1.54) is 6.07 Å². The highest BCUT2D eigenvalue weighted by Gasteiger charge is 2.38. The first-order chi connectivity index (χ1) is 11.5. The molecule has 0 amide bonds. The van der Waals surface area contributed by atoms with Gasteiger partial charge in [-0.05, 0) is 29.3 Å². The van der Waals surface area contributed by atoms with E-state index in [1.54, 1.807) is 0 Å². The lowest BCUT2D eigenvalue weighted by molar-refractivity contribution is -0.274. The van der Waals surface area contributed by atoms with Gasteiger partial charge in [0.15, 0.2) is 0 Å². The van der Waals surface area contributed by atoms with Crippen LogP contribution in [0.5, 0.6) is 5.75 Å². The third-order valence-electron chi connectivity index (χ3n) is 3.15. The molecule has 134 valence electrons. The number of methoxy groups -OCH3 is 1. The fourth-order valence-corrected chi connectivity index (χ4v) is 2.21. The van der Waals surface area contributed by atoms with Crippen molar-refractivity contribution in [3.63, 3.8) is 0 Å². The van der Waals surface area contributed by atoms with Crippen molar-refractivity contribution in [2.24, 2.45) is 0 Å². The van der Waals surface area contributed by atoms with Gasteiger partial charge in [-0.3, -0.25) is 0 Å². The summed E-state index contributed by atoms with van der Waals surface area (Å²) in [5.41, 5.74) is -2.32. The van der Waals surface area contributed by atoms with Crippen molar-refractivity contribution in [1.82, 2.24) is 0 Å². The Morgan fingerprint density at radius 3 is 2.00 bits per heavy atom. The number of carbonyl (C=O) groups excluding carboxylic acids is 1. The summed E-state index contributed by atoms with van der Waals surface area (Å²) in [6.07, 6.45) is -9.79. The Morgan fingerprint density at radius 1 is 0.920 bits per heavy atom. The van der Waals surface area contributed by atoms with Gasteiger partial charge < -0.3 is 9.47 Å². The maximum atomic E-state index is 13.4. The van der Waals surface area contributed by atoms with Crippen molar-refractivity contribution in [2.75, 3.05) is 7.11 Å². The van der Waals surface area contributed by atoms with Crippen LogP contribution < -0.4 is 4.74 Å². The SMILES string of the molecule is COC(=O)c1cccc(-c2ccc(OC(F)(F)F)cc2)c1C(F)(F)F. The van der Waals surface area contributed by atoms with Gasteiger partial charge >= 0.3 is 18.5 Å². The molecule has 0 aromatic heterocycles. The minimum atomic E-state index is -4.91. The molecule has 2 rings (SSSR count). The number of ether oxygens (including phenoxy) is 2. The Morgan fingerprint density at radius 2 is 1.52 bits per heavy atom. The lowest BCUT2D eigenvalue weighted by atomic mass is 9.95.